The zero-order valence-corrected chi connectivity index (χ0v) is 13.1. The molecular formula is C14H14ClNO2S2. The summed E-state index contributed by atoms with van der Waals surface area (Å²) in [7, 11) is 0. The van der Waals surface area contributed by atoms with Gasteiger partial charge in [0.2, 0.25) is 0 Å². The van der Waals surface area contributed by atoms with Crippen molar-refractivity contribution in [2.75, 3.05) is 18.8 Å². The maximum absolute atomic E-state index is 12.4. The first-order chi connectivity index (χ1) is 9.74. The second-order valence-corrected chi connectivity index (χ2v) is 7.59. The van der Waals surface area contributed by atoms with Crippen molar-refractivity contribution in [2.24, 2.45) is 0 Å². The van der Waals surface area contributed by atoms with Crippen molar-refractivity contribution >= 4 is 40.6 Å². The van der Waals surface area contributed by atoms with Gasteiger partial charge < -0.3 is 9.32 Å². The first-order valence-corrected chi connectivity index (χ1v) is 8.68. The Morgan fingerprint density at radius 1 is 1.35 bits per heavy atom. The molecule has 1 fully saturated rings. The monoisotopic (exact) mass is 327 g/mol. The number of halogens is 1. The molecule has 0 aliphatic carbocycles. The van der Waals surface area contributed by atoms with Crippen LogP contribution in [0.5, 0.6) is 0 Å². The zero-order valence-electron chi connectivity index (χ0n) is 10.8. The minimum Gasteiger partial charge on any atom is -0.468 e. The fraction of sp³-hybridized carbons (Fsp3) is 0.357. The van der Waals surface area contributed by atoms with E-state index >= 15 is 0 Å². The smallest absolute Gasteiger partial charge is 0.264 e. The molecule has 6 heteroatoms. The Labute approximate surface area is 130 Å². The maximum Gasteiger partial charge on any atom is 0.264 e. The van der Waals surface area contributed by atoms with E-state index in [9.17, 15) is 4.79 Å². The number of rotatable bonds is 2. The number of nitrogens with zero attached hydrogens (tertiary/aromatic N) is 1. The quantitative estimate of drug-likeness (QED) is 0.824. The fourth-order valence-electron chi connectivity index (χ4n) is 2.26. The molecule has 0 saturated carbocycles. The lowest BCUT2D eigenvalue weighted by atomic mass is 10.2. The van der Waals surface area contributed by atoms with E-state index in [2.05, 4.69) is 0 Å². The van der Waals surface area contributed by atoms with Crippen LogP contribution in [0.3, 0.4) is 0 Å². The van der Waals surface area contributed by atoms with Crippen molar-refractivity contribution < 1.29 is 9.21 Å². The number of thiophene rings is 1. The minimum atomic E-state index is 0.0857. The Kier molecular flexibility index (Phi) is 4.38. The van der Waals surface area contributed by atoms with E-state index in [1.54, 1.807) is 18.4 Å². The Morgan fingerprint density at radius 3 is 2.95 bits per heavy atom. The highest BCUT2D eigenvalue weighted by Crippen LogP contribution is 2.35. The number of furan rings is 1. The number of amides is 1. The lowest BCUT2D eigenvalue weighted by molar-refractivity contribution is 0.0771. The summed E-state index contributed by atoms with van der Waals surface area (Å²) in [5, 5.41) is 0.342. The average Bonchev–Trinajstić information content (AvgIpc) is 3.05. The summed E-state index contributed by atoms with van der Waals surface area (Å²) >= 11 is 9.09. The molecule has 2 aromatic heterocycles. The molecule has 3 rings (SSSR count). The van der Waals surface area contributed by atoms with Crippen molar-refractivity contribution in [2.45, 2.75) is 11.7 Å². The van der Waals surface area contributed by atoms with Crippen molar-refractivity contribution in [1.29, 1.82) is 0 Å². The largest absolute Gasteiger partial charge is 0.468 e. The van der Waals surface area contributed by atoms with Crippen LogP contribution in [0.15, 0.2) is 34.9 Å². The molecule has 3 heterocycles. The van der Waals surface area contributed by atoms with Gasteiger partial charge in [-0.25, -0.2) is 0 Å². The molecular weight excluding hydrogens is 314 g/mol. The SMILES string of the molecule is O=C(c1ccc(Cl)s1)N1CCSC(c2ccco2)CC1. The molecule has 1 aliphatic heterocycles. The van der Waals surface area contributed by atoms with E-state index in [1.807, 2.05) is 28.8 Å². The van der Waals surface area contributed by atoms with Gasteiger partial charge in [0.25, 0.3) is 5.91 Å². The van der Waals surface area contributed by atoms with Gasteiger partial charge in [-0.1, -0.05) is 11.6 Å². The van der Waals surface area contributed by atoms with Gasteiger partial charge >= 0.3 is 0 Å². The lowest BCUT2D eigenvalue weighted by Crippen LogP contribution is -2.32. The number of carbonyl (C=O) groups excluding carboxylic acids is 1. The van der Waals surface area contributed by atoms with Gasteiger partial charge in [-0.05, 0) is 30.7 Å². The third-order valence-electron chi connectivity index (χ3n) is 3.27. The summed E-state index contributed by atoms with van der Waals surface area (Å²) in [6.45, 7) is 1.53. The first-order valence-electron chi connectivity index (χ1n) is 6.43. The molecule has 1 unspecified atom stereocenters. The minimum absolute atomic E-state index is 0.0857. The number of hydrogen-bond acceptors (Lipinski definition) is 4. The van der Waals surface area contributed by atoms with E-state index in [0.717, 1.165) is 35.9 Å². The molecule has 0 spiro atoms. The molecule has 1 atom stereocenters. The normalized spacial score (nSPS) is 19.9. The van der Waals surface area contributed by atoms with Crippen LogP contribution in [-0.2, 0) is 0 Å². The second kappa shape index (κ2) is 6.24. The fourth-order valence-corrected chi connectivity index (χ4v) is 4.45. The molecule has 1 amide bonds. The summed E-state index contributed by atoms with van der Waals surface area (Å²) in [6, 6.07) is 7.50. The Morgan fingerprint density at radius 2 is 2.25 bits per heavy atom. The summed E-state index contributed by atoms with van der Waals surface area (Å²) in [4.78, 5) is 15.0. The van der Waals surface area contributed by atoms with Crippen molar-refractivity contribution in [1.82, 2.24) is 4.90 Å². The van der Waals surface area contributed by atoms with Crippen LogP contribution in [0.4, 0.5) is 0 Å². The van der Waals surface area contributed by atoms with E-state index in [0.29, 0.717) is 9.59 Å². The third-order valence-corrected chi connectivity index (χ3v) is 5.78. The molecule has 0 aromatic carbocycles. The summed E-state index contributed by atoms with van der Waals surface area (Å²) in [6.07, 6.45) is 2.63. The van der Waals surface area contributed by atoms with Crippen LogP contribution >= 0.6 is 34.7 Å². The lowest BCUT2D eigenvalue weighted by Gasteiger charge is -2.19. The molecule has 20 heavy (non-hydrogen) atoms. The Bertz CT molecular complexity index is 582. The van der Waals surface area contributed by atoms with Crippen molar-refractivity contribution in [3.63, 3.8) is 0 Å². The van der Waals surface area contributed by atoms with Crippen LogP contribution in [0.2, 0.25) is 4.34 Å². The number of thioether (sulfide) groups is 1. The third kappa shape index (κ3) is 3.05. The molecule has 0 bridgehead atoms. The molecule has 0 N–H and O–H groups in total. The molecule has 0 radical (unpaired) electrons. The molecule has 1 saturated heterocycles. The van der Waals surface area contributed by atoms with Gasteiger partial charge in [0.1, 0.15) is 5.76 Å². The first kappa shape index (κ1) is 14.0. The molecule has 106 valence electrons. The van der Waals surface area contributed by atoms with Gasteiger partial charge in [-0.15, -0.1) is 23.1 Å². The highest BCUT2D eigenvalue weighted by molar-refractivity contribution is 7.99. The summed E-state index contributed by atoms with van der Waals surface area (Å²) < 4.78 is 6.13. The zero-order chi connectivity index (χ0) is 13.9. The number of hydrogen-bond donors (Lipinski definition) is 0. The van der Waals surface area contributed by atoms with Crippen LogP contribution in [0, 0.1) is 0 Å². The predicted octanol–water partition coefficient (Wildman–Crippen LogP) is 4.31. The average molecular weight is 328 g/mol. The van der Waals surface area contributed by atoms with Gasteiger partial charge in [0.15, 0.2) is 0 Å². The Hall–Kier alpha value is -0.910. The van der Waals surface area contributed by atoms with Crippen molar-refractivity contribution in [3.8, 4) is 0 Å². The molecule has 2 aromatic rings. The van der Waals surface area contributed by atoms with Crippen LogP contribution in [0.25, 0.3) is 0 Å². The van der Waals surface area contributed by atoms with E-state index in [1.165, 1.54) is 11.3 Å². The highest BCUT2D eigenvalue weighted by Gasteiger charge is 2.24. The second-order valence-electron chi connectivity index (χ2n) is 4.56. The predicted molar refractivity (Wildman–Crippen MR) is 83.8 cm³/mol. The van der Waals surface area contributed by atoms with Gasteiger partial charge in [0, 0.05) is 18.8 Å². The maximum atomic E-state index is 12.4. The highest BCUT2D eigenvalue weighted by atomic mass is 35.5. The van der Waals surface area contributed by atoms with E-state index < -0.39 is 0 Å². The molecule has 1 aliphatic rings. The van der Waals surface area contributed by atoms with Gasteiger partial charge in [0.05, 0.1) is 20.7 Å². The van der Waals surface area contributed by atoms with Crippen molar-refractivity contribution in [3.05, 3.63) is 45.5 Å². The standard InChI is InChI=1S/C14H14ClNO2S2/c15-13-4-3-12(20-13)14(17)16-6-5-11(19-9-7-16)10-2-1-8-18-10/h1-4,8,11H,5-7,9H2. The van der Waals surface area contributed by atoms with Crippen LogP contribution in [0.1, 0.15) is 27.1 Å². The summed E-state index contributed by atoms with van der Waals surface area (Å²) in [5.74, 6) is 2.02. The van der Waals surface area contributed by atoms with Crippen LogP contribution < -0.4 is 0 Å². The van der Waals surface area contributed by atoms with Gasteiger partial charge in [-0.3, -0.25) is 4.79 Å². The molecule has 3 nitrogen and oxygen atoms in total. The number of carbonyl (C=O) groups is 1. The Balaban J connectivity index is 1.66. The van der Waals surface area contributed by atoms with E-state index in [4.69, 9.17) is 16.0 Å². The summed E-state index contributed by atoms with van der Waals surface area (Å²) in [5.41, 5.74) is 0. The van der Waals surface area contributed by atoms with Crippen LogP contribution in [-0.4, -0.2) is 29.6 Å². The topological polar surface area (TPSA) is 33.5 Å². The van der Waals surface area contributed by atoms with E-state index in [-0.39, 0.29) is 5.91 Å². The van der Waals surface area contributed by atoms with Gasteiger partial charge in [-0.2, -0.15) is 0 Å².